The van der Waals surface area contributed by atoms with Crippen molar-refractivity contribution >= 4 is 5.78 Å². The number of carbonyl (C=O) groups is 1. The molecule has 2 unspecified atom stereocenters. The largest absolute Gasteiger partial charge is 0.327 e. The van der Waals surface area contributed by atoms with Gasteiger partial charge in [0.05, 0.1) is 0 Å². The van der Waals surface area contributed by atoms with Crippen molar-refractivity contribution in [3.8, 4) is 0 Å². The SMILES string of the molecule is CC.CCC(=O)C1CCCCC1N. The van der Waals surface area contributed by atoms with Gasteiger partial charge in [-0.15, -0.1) is 0 Å². The second-order valence-electron chi connectivity index (χ2n) is 3.37. The van der Waals surface area contributed by atoms with Gasteiger partial charge in [-0.1, -0.05) is 33.6 Å². The lowest BCUT2D eigenvalue weighted by atomic mass is 9.82. The van der Waals surface area contributed by atoms with Crippen LogP contribution in [0, 0.1) is 5.92 Å². The van der Waals surface area contributed by atoms with E-state index < -0.39 is 0 Å². The zero-order valence-corrected chi connectivity index (χ0v) is 9.18. The number of carbonyl (C=O) groups excluding carboxylic acids is 1. The van der Waals surface area contributed by atoms with Crippen molar-refractivity contribution in [3.63, 3.8) is 0 Å². The molecule has 0 aliphatic heterocycles. The smallest absolute Gasteiger partial charge is 0.137 e. The maximum absolute atomic E-state index is 11.3. The summed E-state index contributed by atoms with van der Waals surface area (Å²) in [6, 6.07) is 0.149. The molecule has 1 saturated carbocycles. The maximum Gasteiger partial charge on any atom is 0.137 e. The molecule has 2 nitrogen and oxygen atoms in total. The number of nitrogens with two attached hydrogens (primary N) is 1. The summed E-state index contributed by atoms with van der Waals surface area (Å²) >= 11 is 0. The molecule has 0 aromatic carbocycles. The van der Waals surface area contributed by atoms with Gasteiger partial charge in [0.2, 0.25) is 0 Å². The van der Waals surface area contributed by atoms with Gasteiger partial charge in [0.1, 0.15) is 5.78 Å². The van der Waals surface area contributed by atoms with Crippen LogP contribution in [0.3, 0.4) is 0 Å². The number of ketones is 1. The minimum atomic E-state index is 0.149. The van der Waals surface area contributed by atoms with Crippen molar-refractivity contribution in [2.24, 2.45) is 11.7 Å². The Morgan fingerprint density at radius 2 is 1.85 bits per heavy atom. The van der Waals surface area contributed by atoms with Gasteiger partial charge in [0, 0.05) is 18.4 Å². The van der Waals surface area contributed by atoms with Crippen molar-refractivity contribution in [1.29, 1.82) is 0 Å². The second kappa shape index (κ2) is 7.07. The standard InChI is InChI=1S/C9H17NO.C2H6/c1-2-9(11)7-5-3-4-6-8(7)10;1-2/h7-8H,2-6,10H2,1H3;1-2H3. The van der Waals surface area contributed by atoms with Crippen LogP contribution in [0.15, 0.2) is 0 Å². The van der Waals surface area contributed by atoms with Crippen LogP contribution in [0.25, 0.3) is 0 Å². The second-order valence-corrected chi connectivity index (χ2v) is 3.37. The van der Waals surface area contributed by atoms with Crippen LogP contribution in [0.4, 0.5) is 0 Å². The maximum atomic E-state index is 11.3. The first-order valence-electron chi connectivity index (χ1n) is 5.54. The van der Waals surface area contributed by atoms with Crippen LogP contribution in [-0.4, -0.2) is 11.8 Å². The van der Waals surface area contributed by atoms with Crippen LogP contribution < -0.4 is 5.73 Å². The third-order valence-corrected chi connectivity index (χ3v) is 2.58. The highest BCUT2D eigenvalue weighted by molar-refractivity contribution is 5.81. The topological polar surface area (TPSA) is 43.1 Å². The molecular weight excluding hydrogens is 162 g/mol. The Kier molecular flexibility index (Phi) is 6.87. The molecule has 1 aliphatic carbocycles. The van der Waals surface area contributed by atoms with Crippen molar-refractivity contribution in [2.75, 3.05) is 0 Å². The third kappa shape index (κ3) is 3.90. The normalized spacial score (nSPS) is 27.4. The van der Waals surface area contributed by atoms with Gasteiger partial charge in [-0.2, -0.15) is 0 Å². The predicted octanol–water partition coefficient (Wildman–Crippen LogP) is 2.51. The molecule has 0 saturated heterocycles. The first-order valence-corrected chi connectivity index (χ1v) is 5.54. The fourth-order valence-corrected chi connectivity index (χ4v) is 1.82. The Labute approximate surface area is 81.9 Å². The average molecular weight is 185 g/mol. The molecule has 0 amide bonds. The quantitative estimate of drug-likeness (QED) is 0.718. The number of hydrogen-bond donors (Lipinski definition) is 1. The highest BCUT2D eigenvalue weighted by Gasteiger charge is 2.26. The van der Waals surface area contributed by atoms with Gasteiger partial charge >= 0.3 is 0 Å². The molecule has 2 atom stereocenters. The van der Waals surface area contributed by atoms with Crippen LogP contribution in [-0.2, 0) is 4.79 Å². The van der Waals surface area contributed by atoms with Gasteiger partial charge in [0.15, 0.2) is 0 Å². The van der Waals surface area contributed by atoms with Gasteiger partial charge in [0.25, 0.3) is 0 Å². The minimum Gasteiger partial charge on any atom is -0.327 e. The Morgan fingerprint density at radius 3 is 2.31 bits per heavy atom. The molecule has 0 aromatic rings. The molecule has 2 N–H and O–H groups in total. The minimum absolute atomic E-state index is 0.149. The van der Waals surface area contributed by atoms with E-state index in [-0.39, 0.29) is 12.0 Å². The summed E-state index contributed by atoms with van der Waals surface area (Å²) in [5.41, 5.74) is 5.83. The highest BCUT2D eigenvalue weighted by atomic mass is 16.1. The van der Waals surface area contributed by atoms with Crippen LogP contribution in [0.5, 0.6) is 0 Å². The number of rotatable bonds is 2. The van der Waals surface area contributed by atoms with Crippen LogP contribution in [0.2, 0.25) is 0 Å². The summed E-state index contributed by atoms with van der Waals surface area (Å²) in [6.45, 7) is 5.92. The van der Waals surface area contributed by atoms with Gasteiger partial charge in [-0.3, -0.25) is 4.79 Å². The Balaban J connectivity index is 0.000000671. The van der Waals surface area contributed by atoms with E-state index in [1.165, 1.54) is 12.8 Å². The summed E-state index contributed by atoms with van der Waals surface area (Å²) < 4.78 is 0. The molecule has 0 radical (unpaired) electrons. The van der Waals surface area contributed by atoms with Crippen molar-refractivity contribution in [2.45, 2.75) is 58.9 Å². The van der Waals surface area contributed by atoms with E-state index in [0.29, 0.717) is 12.2 Å². The zero-order chi connectivity index (χ0) is 10.3. The Morgan fingerprint density at radius 1 is 1.31 bits per heavy atom. The van der Waals surface area contributed by atoms with E-state index in [2.05, 4.69) is 0 Å². The molecular formula is C11H23NO. The van der Waals surface area contributed by atoms with Gasteiger partial charge < -0.3 is 5.73 Å². The lowest BCUT2D eigenvalue weighted by Crippen LogP contribution is -2.37. The van der Waals surface area contributed by atoms with Crippen LogP contribution >= 0.6 is 0 Å². The fraction of sp³-hybridized carbons (Fsp3) is 0.909. The molecule has 0 bridgehead atoms. The van der Waals surface area contributed by atoms with Crippen molar-refractivity contribution < 1.29 is 4.79 Å². The molecule has 2 heteroatoms. The van der Waals surface area contributed by atoms with E-state index in [1.807, 2.05) is 20.8 Å². The molecule has 0 heterocycles. The summed E-state index contributed by atoms with van der Waals surface area (Å²) in [5, 5.41) is 0. The first-order chi connectivity index (χ1) is 6.25. The van der Waals surface area contributed by atoms with Crippen molar-refractivity contribution in [3.05, 3.63) is 0 Å². The molecule has 78 valence electrons. The summed E-state index contributed by atoms with van der Waals surface area (Å²) in [7, 11) is 0. The molecule has 1 fully saturated rings. The lowest BCUT2D eigenvalue weighted by molar-refractivity contribution is -0.123. The van der Waals surface area contributed by atoms with E-state index in [9.17, 15) is 4.79 Å². The van der Waals surface area contributed by atoms with Gasteiger partial charge in [-0.05, 0) is 12.8 Å². The van der Waals surface area contributed by atoms with Crippen molar-refractivity contribution in [1.82, 2.24) is 0 Å². The Hall–Kier alpha value is -0.370. The summed E-state index contributed by atoms with van der Waals surface area (Å²) in [5.74, 6) is 0.533. The lowest BCUT2D eigenvalue weighted by Gasteiger charge is -2.26. The first kappa shape index (κ1) is 12.6. The van der Waals surface area contributed by atoms with E-state index in [1.54, 1.807) is 0 Å². The molecule has 13 heavy (non-hydrogen) atoms. The van der Waals surface area contributed by atoms with E-state index in [0.717, 1.165) is 12.8 Å². The fourth-order valence-electron chi connectivity index (χ4n) is 1.82. The summed E-state index contributed by atoms with van der Waals surface area (Å²) in [6.07, 6.45) is 5.10. The predicted molar refractivity (Wildman–Crippen MR) is 56.6 cm³/mol. The molecule has 0 spiro atoms. The highest BCUT2D eigenvalue weighted by Crippen LogP contribution is 2.24. The molecule has 1 aliphatic rings. The van der Waals surface area contributed by atoms with E-state index >= 15 is 0 Å². The van der Waals surface area contributed by atoms with E-state index in [4.69, 9.17) is 5.73 Å². The monoisotopic (exact) mass is 185 g/mol. The zero-order valence-electron chi connectivity index (χ0n) is 9.18. The number of Topliss-reactive ketones (excluding diaryl/α,β-unsaturated/α-hetero) is 1. The third-order valence-electron chi connectivity index (χ3n) is 2.58. The average Bonchev–Trinajstić information content (AvgIpc) is 2.20. The number of hydrogen-bond acceptors (Lipinski definition) is 2. The van der Waals surface area contributed by atoms with Crippen LogP contribution in [0.1, 0.15) is 52.9 Å². The molecule has 0 aromatic heterocycles. The van der Waals surface area contributed by atoms with Gasteiger partial charge in [-0.25, -0.2) is 0 Å². The molecule has 1 rings (SSSR count). The Bertz CT molecular complexity index is 145. The summed E-state index contributed by atoms with van der Waals surface area (Å²) in [4.78, 5) is 11.3.